The minimum atomic E-state index is 0.565. The fourth-order valence-electron chi connectivity index (χ4n) is 1.54. The number of rotatable bonds is 7. The molecule has 0 amide bonds. The molecule has 0 saturated carbocycles. The summed E-state index contributed by atoms with van der Waals surface area (Å²) in [7, 11) is 4.21. The summed E-state index contributed by atoms with van der Waals surface area (Å²) in [5, 5.41) is 3.56. The van der Waals surface area contributed by atoms with Crippen LogP contribution in [-0.4, -0.2) is 37.6 Å². The van der Waals surface area contributed by atoms with Crippen molar-refractivity contribution in [2.75, 3.05) is 20.6 Å². The van der Waals surface area contributed by atoms with Crippen LogP contribution in [0, 0.1) is 0 Å². The molecule has 2 atom stereocenters. The third kappa shape index (κ3) is 8.00. The quantitative estimate of drug-likeness (QED) is 0.608. The lowest BCUT2D eigenvalue weighted by Gasteiger charge is -2.22. The van der Waals surface area contributed by atoms with Gasteiger partial charge < -0.3 is 10.2 Å². The highest BCUT2D eigenvalue weighted by Gasteiger charge is 2.06. The maximum atomic E-state index is 3.72. The summed E-state index contributed by atoms with van der Waals surface area (Å²) < 4.78 is 0. The number of hydrogen-bond acceptors (Lipinski definition) is 2. The van der Waals surface area contributed by atoms with Gasteiger partial charge in [0.2, 0.25) is 0 Å². The first-order valence-electron chi connectivity index (χ1n) is 5.08. The van der Waals surface area contributed by atoms with Crippen LogP contribution < -0.4 is 5.32 Å². The van der Waals surface area contributed by atoms with E-state index in [9.17, 15) is 0 Å². The molecule has 0 radical (unpaired) electrons. The van der Waals surface area contributed by atoms with Gasteiger partial charge >= 0.3 is 0 Å². The van der Waals surface area contributed by atoms with Crippen molar-refractivity contribution in [3.63, 3.8) is 0 Å². The maximum absolute atomic E-state index is 3.72. The second-order valence-corrected chi connectivity index (χ2v) is 4.10. The summed E-state index contributed by atoms with van der Waals surface area (Å²) in [6.45, 7) is 9.28. The summed E-state index contributed by atoms with van der Waals surface area (Å²) in [5.41, 5.74) is 0. The first-order chi connectivity index (χ1) is 6.06. The highest BCUT2D eigenvalue weighted by molar-refractivity contribution is 4.74. The Balaban J connectivity index is 3.51. The number of hydrogen-bond donors (Lipinski definition) is 1. The van der Waals surface area contributed by atoms with Crippen LogP contribution in [0.3, 0.4) is 0 Å². The molecule has 0 fully saturated rings. The minimum absolute atomic E-state index is 0.565. The van der Waals surface area contributed by atoms with Gasteiger partial charge in [-0.2, -0.15) is 0 Å². The monoisotopic (exact) mass is 184 g/mol. The van der Waals surface area contributed by atoms with Crippen LogP contribution in [0.15, 0.2) is 12.7 Å². The van der Waals surface area contributed by atoms with Crippen LogP contribution in [0.2, 0.25) is 0 Å². The van der Waals surface area contributed by atoms with E-state index in [0.717, 1.165) is 13.0 Å². The van der Waals surface area contributed by atoms with E-state index in [4.69, 9.17) is 0 Å². The Kier molecular flexibility index (Phi) is 6.92. The van der Waals surface area contributed by atoms with E-state index in [1.807, 2.05) is 6.08 Å². The minimum Gasteiger partial charge on any atom is -0.310 e. The normalized spacial score (nSPS) is 15.8. The van der Waals surface area contributed by atoms with E-state index < -0.39 is 0 Å². The average molecular weight is 184 g/mol. The molecule has 2 unspecified atom stereocenters. The van der Waals surface area contributed by atoms with Crippen molar-refractivity contribution in [3.8, 4) is 0 Å². The van der Waals surface area contributed by atoms with Crippen molar-refractivity contribution in [1.29, 1.82) is 0 Å². The Hall–Kier alpha value is -0.340. The van der Waals surface area contributed by atoms with E-state index >= 15 is 0 Å². The third-order valence-electron chi connectivity index (χ3n) is 2.01. The van der Waals surface area contributed by atoms with E-state index in [1.54, 1.807) is 0 Å². The molecule has 13 heavy (non-hydrogen) atoms. The van der Waals surface area contributed by atoms with E-state index in [2.05, 4.69) is 44.7 Å². The number of likely N-dealkylation sites (N-methyl/N-ethyl adjacent to an activating group) is 1. The molecule has 0 aromatic rings. The van der Waals surface area contributed by atoms with Gasteiger partial charge in [0.1, 0.15) is 0 Å². The molecule has 0 rings (SSSR count). The first kappa shape index (κ1) is 12.7. The first-order valence-corrected chi connectivity index (χ1v) is 5.08. The Labute approximate surface area is 83.0 Å². The van der Waals surface area contributed by atoms with Gasteiger partial charge in [0.05, 0.1) is 0 Å². The number of nitrogens with one attached hydrogen (secondary N) is 1. The Morgan fingerprint density at radius 2 is 1.92 bits per heavy atom. The second kappa shape index (κ2) is 7.10. The lowest BCUT2D eigenvalue weighted by molar-refractivity contribution is 0.329. The zero-order valence-corrected chi connectivity index (χ0v) is 9.51. The maximum Gasteiger partial charge on any atom is 0.0168 e. The highest BCUT2D eigenvalue weighted by atomic mass is 15.1. The molecule has 0 aromatic carbocycles. The SMILES string of the molecule is C=CCCC(C)NC(C)CN(C)C. The van der Waals surface area contributed by atoms with Gasteiger partial charge in [-0.05, 0) is 40.8 Å². The van der Waals surface area contributed by atoms with E-state index in [0.29, 0.717) is 12.1 Å². The second-order valence-electron chi connectivity index (χ2n) is 4.10. The topological polar surface area (TPSA) is 15.3 Å². The molecule has 78 valence electrons. The zero-order valence-electron chi connectivity index (χ0n) is 9.51. The predicted octanol–water partition coefficient (Wildman–Crippen LogP) is 1.88. The molecule has 2 nitrogen and oxygen atoms in total. The van der Waals surface area contributed by atoms with E-state index in [1.165, 1.54) is 6.42 Å². The third-order valence-corrected chi connectivity index (χ3v) is 2.01. The molecule has 0 aliphatic carbocycles. The Bertz CT molecular complexity index is 132. The summed E-state index contributed by atoms with van der Waals surface area (Å²) in [6, 6.07) is 1.16. The van der Waals surface area contributed by atoms with Crippen LogP contribution in [0.4, 0.5) is 0 Å². The summed E-state index contributed by atoms with van der Waals surface area (Å²) in [5.74, 6) is 0. The molecule has 2 heteroatoms. The van der Waals surface area contributed by atoms with Gasteiger partial charge in [0, 0.05) is 18.6 Å². The van der Waals surface area contributed by atoms with Crippen molar-refractivity contribution < 1.29 is 0 Å². The van der Waals surface area contributed by atoms with Crippen molar-refractivity contribution in [1.82, 2.24) is 10.2 Å². The van der Waals surface area contributed by atoms with Gasteiger partial charge in [-0.3, -0.25) is 0 Å². The summed E-state index contributed by atoms with van der Waals surface area (Å²) in [4.78, 5) is 2.21. The molecule has 0 aliphatic rings. The fraction of sp³-hybridized carbons (Fsp3) is 0.818. The molecule has 0 heterocycles. The van der Waals surface area contributed by atoms with Gasteiger partial charge in [-0.1, -0.05) is 6.08 Å². The summed E-state index contributed by atoms with van der Waals surface area (Å²) in [6.07, 6.45) is 4.26. The molecule has 0 bridgehead atoms. The molecular weight excluding hydrogens is 160 g/mol. The van der Waals surface area contributed by atoms with Crippen molar-refractivity contribution in [3.05, 3.63) is 12.7 Å². The van der Waals surface area contributed by atoms with Crippen LogP contribution in [-0.2, 0) is 0 Å². The van der Waals surface area contributed by atoms with Crippen molar-refractivity contribution in [2.24, 2.45) is 0 Å². The van der Waals surface area contributed by atoms with Crippen molar-refractivity contribution >= 4 is 0 Å². The van der Waals surface area contributed by atoms with Crippen LogP contribution in [0.5, 0.6) is 0 Å². The largest absolute Gasteiger partial charge is 0.310 e. The molecule has 0 spiro atoms. The molecule has 0 aliphatic heterocycles. The molecule has 0 aromatic heterocycles. The molecule has 1 N–H and O–H groups in total. The van der Waals surface area contributed by atoms with Crippen LogP contribution in [0.1, 0.15) is 26.7 Å². The highest BCUT2D eigenvalue weighted by Crippen LogP contribution is 1.98. The Morgan fingerprint density at radius 3 is 2.38 bits per heavy atom. The van der Waals surface area contributed by atoms with Gasteiger partial charge in [-0.25, -0.2) is 0 Å². The van der Waals surface area contributed by atoms with E-state index in [-0.39, 0.29) is 0 Å². The fourth-order valence-corrected chi connectivity index (χ4v) is 1.54. The summed E-state index contributed by atoms with van der Waals surface area (Å²) >= 11 is 0. The Morgan fingerprint density at radius 1 is 1.31 bits per heavy atom. The number of nitrogens with zero attached hydrogens (tertiary/aromatic N) is 1. The average Bonchev–Trinajstić information content (AvgIpc) is 1.98. The smallest absolute Gasteiger partial charge is 0.0168 e. The van der Waals surface area contributed by atoms with Crippen LogP contribution in [0.25, 0.3) is 0 Å². The standard InChI is InChI=1S/C11H24N2/c1-6-7-8-10(2)12-11(3)9-13(4)5/h6,10-12H,1,7-9H2,2-5H3. The molecule has 0 saturated heterocycles. The predicted molar refractivity (Wildman–Crippen MR) is 60.0 cm³/mol. The van der Waals surface area contributed by atoms with Crippen molar-refractivity contribution in [2.45, 2.75) is 38.8 Å². The van der Waals surface area contributed by atoms with Crippen LogP contribution >= 0.6 is 0 Å². The zero-order chi connectivity index (χ0) is 10.3. The number of allylic oxidation sites excluding steroid dienone is 1. The lowest BCUT2D eigenvalue weighted by atomic mass is 10.1. The van der Waals surface area contributed by atoms with Gasteiger partial charge in [-0.15, -0.1) is 6.58 Å². The lowest BCUT2D eigenvalue weighted by Crippen LogP contribution is -2.40. The van der Waals surface area contributed by atoms with Gasteiger partial charge in [0.25, 0.3) is 0 Å². The van der Waals surface area contributed by atoms with Gasteiger partial charge in [0.15, 0.2) is 0 Å². The molecular formula is C11H24N2.